The Kier molecular flexibility index (Phi) is 6.53. The van der Waals surface area contributed by atoms with E-state index in [4.69, 9.17) is 0 Å². The lowest BCUT2D eigenvalue weighted by atomic mass is 9.98. The number of rotatable bonds is 7. The minimum Gasteiger partial charge on any atom is -0.310 e. The zero-order valence-corrected chi connectivity index (χ0v) is 12.4. The second kappa shape index (κ2) is 7.67. The maximum absolute atomic E-state index is 12.6. The monoisotopic (exact) mass is 287 g/mol. The van der Waals surface area contributed by atoms with E-state index in [1.165, 1.54) is 5.56 Å². The minimum absolute atomic E-state index is 0.546. The molecule has 1 rings (SSSR count). The van der Waals surface area contributed by atoms with Gasteiger partial charge in [0.05, 0.1) is 6.42 Å². The van der Waals surface area contributed by atoms with Crippen molar-refractivity contribution in [2.45, 2.75) is 52.3 Å². The molecule has 0 aliphatic rings. The Hall–Kier alpha value is -1.03. The van der Waals surface area contributed by atoms with Gasteiger partial charge in [0.2, 0.25) is 0 Å². The molecule has 1 aromatic carbocycles. The summed E-state index contributed by atoms with van der Waals surface area (Å²) in [6.45, 7) is 6.80. The summed E-state index contributed by atoms with van der Waals surface area (Å²) in [4.78, 5) is 0. The highest BCUT2D eigenvalue weighted by Crippen LogP contribution is 2.29. The van der Waals surface area contributed by atoms with Gasteiger partial charge in [-0.25, -0.2) is 0 Å². The van der Waals surface area contributed by atoms with Crippen LogP contribution >= 0.6 is 0 Å². The number of benzene rings is 1. The highest BCUT2D eigenvalue weighted by Gasteiger charge is 2.32. The predicted molar refractivity (Wildman–Crippen MR) is 76.7 cm³/mol. The Morgan fingerprint density at radius 2 is 1.70 bits per heavy atom. The first-order chi connectivity index (χ1) is 9.31. The largest absolute Gasteiger partial charge is 0.390 e. The van der Waals surface area contributed by atoms with Gasteiger partial charge in [0.15, 0.2) is 0 Å². The summed E-state index contributed by atoms with van der Waals surface area (Å²) in [5, 5.41) is 2.98. The van der Waals surface area contributed by atoms with Crippen molar-refractivity contribution in [2.75, 3.05) is 6.54 Å². The molecular weight excluding hydrogens is 263 g/mol. The molecule has 0 saturated heterocycles. The van der Waals surface area contributed by atoms with Crippen molar-refractivity contribution in [3.8, 4) is 0 Å². The number of alkyl halides is 3. The molecule has 0 bridgehead atoms. The van der Waals surface area contributed by atoms with E-state index in [1.807, 2.05) is 31.2 Å². The fourth-order valence-corrected chi connectivity index (χ4v) is 2.22. The summed E-state index contributed by atoms with van der Waals surface area (Å²) >= 11 is 0. The van der Waals surface area contributed by atoms with E-state index in [0.717, 1.165) is 12.8 Å². The fourth-order valence-electron chi connectivity index (χ4n) is 2.22. The molecule has 1 atom stereocenters. The van der Waals surface area contributed by atoms with Crippen LogP contribution in [-0.2, 0) is 6.42 Å². The SMILES string of the molecule is CCCNC(CC(F)(F)F)c1ccc(CC(C)C)cc1. The maximum atomic E-state index is 12.6. The standard InChI is InChI=1S/C16H24F3N/c1-4-9-20-15(11-16(17,18)19)14-7-5-13(6-8-14)10-12(2)3/h5-8,12,15,20H,4,9-11H2,1-3H3. The summed E-state index contributed by atoms with van der Waals surface area (Å²) in [5.41, 5.74) is 1.88. The van der Waals surface area contributed by atoms with Crippen molar-refractivity contribution in [3.63, 3.8) is 0 Å². The van der Waals surface area contributed by atoms with Gasteiger partial charge in [-0.1, -0.05) is 45.0 Å². The van der Waals surface area contributed by atoms with Gasteiger partial charge in [-0.05, 0) is 36.4 Å². The fraction of sp³-hybridized carbons (Fsp3) is 0.625. The van der Waals surface area contributed by atoms with Crippen LogP contribution < -0.4 is 5.32 Å². The second-order valence-corrected chi connectivity index (χ2v) is 5.67. The van der Waals surface area contributed by atoms with Crippen LogP contribution in [0.3, 0.4) is 0 Å². The molecule has 20 heavy (non-hydrogen) atoms. The molecule has 0 saturated carbocycles. The second-order valence-electron chi connectivity index (χ2n) is 5.67. The molecule has 0 radical (unpaired) electrons. The number of halogens is 3. The van der Waals surface area contributed by atoms with E-state index >= 15 is 0 Å². The zero-order chi connectivity index (χ0) is 15.2. The van der Waals surface area contributed by atoms with Gasteiger partial charge in [-0.3, -0.25) is 0 Å². The van der Waals surface area contributed by atoms with E-state index in [2.05, 4.69) is 19.2 Å². The van der Waals surface area contributed by atoms with Crippen LogP contribution in [0.25, 0.3) is 0 Å². The Morgan fingerprint density at radius 1 is 1.10 bits per heavy atom. The molecule has 4 heteroatoms. The van der Waals surface area contributed by atoms with Crippen molar-refractivity contribution >= 4 is 0 Å². The first-order valence-corrected chi connectivity index (χ1v) is 7.20. The highest BCUT2D eigenvalue weighted by atomic mass is 19.4. The zero-order valence-electron chi connectivity index (χ0n) is 12.4. The summed E-state index contributed by atoms with van der Waals surface area (Å²) in [5.74, 6) is 0.546. The summed E-state index contributed by atoms with van der Waals surface area (Å²) in [7, 11) is 0. The average Bonchev–Trinajstić information content (AvgIpc) is 2.33. The van der Waals surface area contributed by atoms with E-state index in [9.17, 15) is 13.2 Å². The van der Waals surface area contributed by atoms with E-state index < -0.39 is 18.6 Å². The van der Waals surface area contributed by atoms with Gasteiger partial charge in [0.25, 0.3) is 0 Å². The Bertz CT molecular complexity index is 382. The molecule has 0 heterocycles. The Labute approximate surface area is 119 Å². The van der Waals surface area contributed by atoms with Crippen LogP contribution in [0.5, 0.6) is 0 Å². The summed E-state index contributed by atoms with van der Waals surface area (Å²) < 4.78 is 37.9. The molecule has 1 N–H and O–H groups in total. The predicted octanol–water partition coefficient (Wildman–Crippen LogP) is 4.88. The summed E-state index contributed by atoms with van der Waals surface area (Å²) in [6, 6.07) is 6.86. The lowest BCUT2D eigenvalue weighted by Gasteiger charge is -2.21. The van der Waals surface area contributed by atoms with E-state index in [-0.39, 0.29) is 0 Å². The Balaban J connectivity index is 2.79. The van der Waals surface area contributed by atoms with Crippen molar-refractivity contribution in [3.05, 3.63) is 35.4 Å². The molecule has 0 spiro atoms. The number of nitrogens with one attached hydrogen (secondary N) is 1. The molecule has 0 fully saturated rings. The molecule has 114 valence electrons. The lowest BCUT2D eigenvalue weighted by molar-refractivity contribution is -0.140. The topological polar surface area (TPSA) is 12.0 Å². The first kappa shape index (κ1) is 17.0. The van der Waals surface area contributed by atoms with Gasteiger partial charge >= 0.3 is 6.18 Å². The number of hydrogen-bond donors (Lipinski definition) is 1. The lowest BCUT2D eigenvalue weighted by Crippen LogP contribution is -2.27. The van der Waals surface area contributed by atoms with Crippen LogP contribution in [0, 0.1) is 5.92 Å². The third-order valence-electron chi connectivity index (χ3n) is 3.10. The molecule has 1 aromatic rings. The third kappa shape index (κ3) is 6.42. The third-order valence-corrected chi connectivity index (χ3v) is 3.10. The Morgan fingerprint density at radius 3 is 2.15 bits per heavy atom. The van der Waals surface area contributed by atoms with Crippen LogP contribution in [0.15, 0.2) is 24.3 Å². The maximum Gasteiger partial charge on any atom is 0.390 e. The van der Waals surface area contributed by atoms with Gasteiger partial charge in [0.1, 0.15) is 0 Å². The smallest absolute Gasteiger partial charge is 0.310 e. The molecule has 0 aliphatic carbocycles. The molecule has 0 amide bonds. The average molecular weight is 287 g/mol. The van der Waals surface area contributed by atoms with Crippen LogP contribution in [0.1, 0.15) is 50.8 Å². The minimum atomic E-state index is -4.15. The van der Waals surface area contributed by atoms with Crippen LogP contribution in [0.4, 0.5) is 13.2 Å². The molecular formula is C16H24F3N. The summed E-state index contributed by atoms with van der Waals surface area (Å²) in [6.07, 6.45) is -3.20. The van der Waals surface area contributed by atoms with E-state index in [1.54, 1.807) is 0 Å². The van der Waals surface area contributed by atoms with Gasteiger partial charge in [-0.15, -0.1) is 0 Å². The molecule has 1 unspecified atom stereocenters. The van der Waals surface area contributed by atoms with E-state index in [0.29, 0.717) is 18.0 Å². The van der Waals surface area contributed by atoms with Crippen LogP contribution in [0.2, 0.25) is 0 Å². The molecule has 1 nitrogen and oxygen atoms in total. The van der Waals surface area contributed by atoms with Crippen molar-refractivity contribution in [1.82, 2.24) is 5.32 Å². The molecule has 0 aliphatic heterocycles. The van der Waals surface area contributed by atoms with Gasteiger partial charge in [0, 0.05) is 6.04 Å². The molecule has 0 aromatic heterocycles. The van der Waals surface area contributed by atoms with Crippen molar-refractivity contribution in [1.29, 1.82) is 0 Å². The number of hydrogen-bond acceptors (Lipinski definition) is 1. The first-order valence-electron chi connectivity index (χ1n) is 7.20. The van der Waals surface area contributed by atoms with Crippen molar-refractivity contribution in [2.24, 2.45) is 5.92 Å². The highest BCUT2D eigenvalue weighted by molar-refractivity contribution is 5.25. The van der Waals surface area contributed by atoms with Crippen LogP contribution in [-0.4, -0.2) is 12.7 Å². The van der Waals surface area contributed by atoms with Gasteiger partial charge in [-0.2, -0.15) is 13.2 Å². The van der Waals surface area contributed by atoms with Crippen molar-refractivity contribution < 1.29 is 13.2 Å². The van der Waals surface area contributed by atoms with Gasteiger partial charge < -0.3 is 5.32 Å². The quantitative estimate of drug-likeness (QED) is 0.753. The normalized spacial score (nSPS) is 13.8.